The van der Waals surface area contributed by atoms with Crippen LogP contribution in [0.1, 0.15) is 0 Å². The second-order valence-corrected chi connectivity index (χ2v) is 6.47. The fourth-order valence-electron chi connectivity index (χ4n) is 1.93. The van der Waals surface area contributed by atoms with E-state index >= 15 is 0 Å². The standard InChI is InChI=1S/C17H13BrN2O2S/c18-13-7-4-8-14(9-13)22-10-16(21)20-17-19-15(11-23-17)12-5-2-1-3-6-12/h1-9,11H,10H2,(H,19,20,21). The summed E-state index contributed by atoms with van der Waals surface area (Å²) in [6, 6.07) is 17.2. The third-order valence-corrected chi connectivity index (χ3v) is 4.24. The number of amides is 1. The number of hydrogen-bond donors (Lipinski definition) is 1. The summed E-state index contributed by atoms with van der Waals surface area (Å²) < 4.78 is 6.35. The molecule has 0 saturated heterocycles. The molecule has 1 amide bonds. The first-order chi connectivity index (χ1) is 11.2. The molecular weight excluding hydrogens is 376 g/mol. The van der Waals surface area contributed by atoms with Crippen LogP contribution in [0, 0.1) is 0 Å². The Kier molecular flexibility index (Phi) is 5.05. The highest BCUT2D eigenvalue weighted by Crippen LogP contribution is 2.24. The zero-order valence-corrected chi connectivity index (χ0v) is 14.4. The molecule has 3 rings (SSSR count). The monoisotopic (exact) mass is 388 g/mol. The fraction of sp³-hybridized carbons (Fsp3) is 0.0588. The van der Waals surface area contributed by atoms with Crippen molar-refractivity contribution in [3.63, 3.8) is 0 Å². The average Bonchev–Trinajstić information content (AvgIpc) is 3.02. The van der Waals surface area contributed by atoms with E-state index in [1.165, 1.54) is 11.3 Å². The highest BCUT2D eigenvalue weighted by molar-refractivity contribution is 9.10. The number of ether oxygens (including phenoxy) is 1. The van der Waals surface area contributed by atoms with Gasteiger partial charge >= 0.3 is 0 Å². The third kappa shape index (κ3) is 4.40. The van der Waals surface area contributed by atoms with Gasteiger partial charge in [0.2, 0.25) is 0 Å². The minimum Gasteiger partial charge on any atom is -0.484 e. The zero-order chi connectivity index (χ0) is 16.1. The van der Waals surface area contributed by atoms with Gasteiger partial charge in [0.15, 0.2) is 11.7 Å². The number of rotatable bonds is 5. The molecular formula is C17H13BrN2O2S. The van der Waals surface area contributed by atoms with Crippen LogP contribution >= 0.6 is 27.3 Å². The van der Waals surface area contributed by atoms with E-state index in [2.05, 4.69) is 26.2 Å². The summed E-state index contributed by atoms with van der Waals surface area (Å²) >= 11 is 4.75. The van der Waals surface area contributed by atoms with Crippen molar-refractivity contribution in [3.8, 4) is 17.0 Å². The predicted molar refractivity (Wildman–Crippen MR) is 95.8 cm³/mol. The van der Waals surface area contributed by atoms with Crippen LogP contribution in [0.3, 0.4) is 0 Å². The first-order valence-electron chi connectivity index (χ1n) is 6.90. The van der Waals surface area contributed by atoms with Crippen LogP contribution in [0.2, 0.25) is 0 Å². The number of hydrogen-bond acceptors (Lipinski definition) is 4. The van der Waals surface area contributed by atoms with Gasteiger partial charge in [-0.1, -0.05) is 52.3 Å². The highest BCUT2D eigenvalue weighted by Gasteiger charge is 2.08. The van der Waals surface area contributed by atoms with Crippen molar-refractivity contribution in [1.29, 1.82) is 0 Å². The Labute approximate surface area is 146 Å². The number of halogens is 1. The molecule has 0 aliphatic rings. The molecule has 1 N–H and O–H groups in total. The van der Waals surface area contributed by atoms with E-state index in [0.29, 0.717) is 10.9 Å². The van der Waals surface area contributed by atoms with Gasteiger partial charge < -0.3 is 4.74 Å². The number of carbonyl (C=O) groups excluding carboxylic acids is 1. The summed E-state index contributed by atoms with van der Waals surface area (Å²) in [5.41, 5.74) is 1.87. The molecule has 0 atom stereocenters. The maximum Gasteiger partial charge on any atom is 0.264 e. The smallest absolute Gasteiger partial charge is 0.264 e. The highest BCUT2D eigenvalue weighted by atomic mass is 79.9. The van der Waals surface area contributed by atoms with Gasteiger partial charge in [-0.3, -0.25) is 10.1 Å². The topological polar surface area (TPSA) is 51.2 Å². The maximum absolute atomic E-state index is 11.9. The Bertz CT molecular complexity index is 805. The molecule has 6 heteroatoms. The quantitative estimate of drug-likeness (QED) is 0.695. The normalized spacial score (nSPS) is 10.3. The molecule has 0 bridgehead atoms. The van der Waals surface area contributed by atoms with E-state index in [1.807, 2.05) is 53.9 Å². The lowest BCUT2D eigenvalue weighted by atomic mass is 10.2. The van der Waals surface area contributed by atoms with Crippen molar-refractivity contribution in [1.82, 2.24) is 4.98 Å². The summed E-state index contributed by atoms with van der Waals surface area (Å²) in [5, 5.41) is 5.23. The summed E-state index contributed by atoms with van der Waals surface area (Å²) in [6.07, 6.45) is 0. The van der Waals surface area contributed by atoms with E-state index in [4.69, 9.17) is 4.74 Å². The molecule has 0 radical (unpaired) electrons. The van der Waals surface area contributed by atoms with Crippen molar-refractivity contribution in [2.24, 2.45) is 0 Å². The van der Waals surface area contributed by atoms with Crippen molar-refractivity contribution in [3.05, 3.63) is 64.5 Å². The number of aromatic nitrogens is 1. The number of nitrogens with zero attached hydrogens (tertiary/aromatic N) is 1. The molecule has 4 nitrogen and oxygen atoms in total. The summed E-state index contributed by atoms with van der Waals surface area (Å²) in [6.45, 7) is -0.0588. The maximum atomic E-state index is 11.9. The molecule has 1 heterocycles. The van der Waals surface area contributed by atoms with Gasteiger partial charge in [-0.05, 0) is 18.2 Å². The number of anilines is 1. The van der Waals surface area contributed by atoms with Crippen LogP contribution in [0.4, 0.5) is 5.13 Å². The average molecular weight is 389 g/mol. The lowest BCUT2D eigenvalue weighted by molar-refractivity contribution is -0.118. The minimum absolute atomic E-state index is 0.0588. The van der Waals surface area contributed by atoms with Gasteiger partial charge in [-0.15, -0.1) is 11.3 Å². The summed E-state index contributed by atoms with van der Waals surface area (Å²) in [5.74, 6) is 0.401. The lowest BCUT2D eigenvalue weighted by Crippen LogP contribution is -2.20. The number of thiazole rings is 1. The predicted octanol–water partition coefficient (Wildman–Crippen LogP) is 4.59. The largest absolute Gasteiger partial charge is 0.484 e. The van der Waals surface area contributed by atoms with Gasteiger partial charge in [0.1, 0.15) is 5.75 Å². The zero-order valence-electron chi connectivity index (χ0n) is 12.0. The Morgan fingerprint density at radius 2 is 2.00 bits per heavy atom. The minimum atomic E-state index is -0.237. The van der Waals surface area contributed by atoms with Gasteiger partial charge in [0.05, 0.1) is 5.69 Å². The molecule has 0 fully saturated rings. The molecule has 1 aromatic heterocycles. The lowest BCUT2D eigenvalue weighted by Gasteiger charge is -2.06. The van der Waals surface area contributed by atoms with Gasteiger partial charge in [-0.2, -0.15) is 0 Å². The molecule has 3 aromatic rings. The van der Waals surface area contributed by atoms with E-state index in [9.17, 15) is 4.79 Å². The second-order valence-electron chi connectivity index (χ2n) is 4.70. The van der Waals surface area contributed by atoms with Gasteiger partial charge in [0, 0.05) is 15.4 Å². The number of nitrogens with one attached hydrogen (secondary N) is 1. The molecule has 0 aliphatic heterocycles. The van der Waals surface area contributed by atoms with Crippen molar-refractivity contribution >= 4 is 38.3 Å². The van der Waals surface area contributed by atoms with E-state index in [-0.39, 0.29) is 12.5 Å². The molecule has 0 spiro atoms. The molecule has 0 aliphatic carbocycles. The van der Waals surface area contributed by atoms with Crippen molar-refractivity contribution in [2.75, 3.05) is 11.9 Å². The SMILES string of the molecule is O=C(COc1cccc(Br)c1)Nc1nc(-c2ccccc2)cs1. The van der Waals surface area contributed by atoms with Crippen molar-refractivity contribution < 1.29 is 9.53 Å². The van der Waals surface area contributed by atoms with Crippen LogP contribution in [-0.4, -0.2) is 17.5 Å². The third-order valence-electron chi connectivity index (χ3n) is 2.99. The Morgan fingerprint density at radius 3 is 2.78 bits per heavy atom. The van der Waals surface area contributed by atoms with E-state index in [0.717, 1.165) is 15.7 Å². The Morgan fingerprint density at radius 1 is 1.17 bits per heavy atom. The molecule has 0 unspecified atom stereocenters. The number of carbonyl (C=O) groups is 1. The molecule has 116 valence electrons. The van der Waals surface area contributed by atoms with Gasteiger partial charge in [0.25, 0.3) is 5.91 Å². The second kappa shape index (κ2) is 7.39. The van der Waals surface area contributed by atoms with Crippen LogP contribution in [-0.2, 0) is 4.79 Å². The summed E-state index contributed by atoms with van der Waals surface area (Å²) in [4.78, 5) is 16.3. The van der Waals surface area contributed by atoms with E-state index < -0.39 is 0 Å². The number of benzene rings is 2. The van der Waals surface area contributed by atoms with Crippen LogP contribution in [0.5, 0.6) is 5.75 Å². The summed E-state index contributed by atoms with van der Waals surface area (Å²) in [7, 11) is 0. The molecule has 23 heavy (non-hydrogen) atoms. The van der Waals surface area contributed by atoms with Crippen LogP contribution < -0.4 is 10.1 Å². The first-order valence-corrected chi connectivity index (χ1v) is 8.57. The molecule has 2 aromatic carbocycles. The first kappa shape index (κ1) is 15.7. The molecule has 0 saturated carbocycles. The fourth-order valence-corrected chi connectivity index (χ4v) is 3.05. The Hall–Kier alpha value is -2.18. The van der Waals surface area contributed by atoms with Gasteiger partial charge in [-0.25, -0.2) is 4.98 Å². The van der Waals surface area contributed by atoms with Crippen molar-refractivity contribution in [2.45, 2.75) is 0 Å². The van der Waals surface area contributed by atoms with Crippen LogP contribution in [0.15, 0.2) is 64.5 Å². The van der Waals surface area contributed by atoms with E-state index in [1.54, 1.807) is 6.07 Å². The Balaban J connectivity index is 1.57. The van der Waals surface area contributed by atoms with Crippen LogP contribution in [0.25, 0.3) is 11.3 Å².